The molecular formula is C23H23FN2O2. The van der Waals surface area contributed by atoms with Crippen molar-refractivity contribution >= 4 is 12.0 Å². The number of fused-ring (bicyclic) bond motifs is 1. The third-order valence-corrected chi connectivity index (χ3v) is 5.55. The Kier molecular flexibility index (Phi) is 5.35. The molecule has 0 spiro atoms. The highest BCUT2D eigenvalue weighted by Gasteiger charge is 2.28. The Balaban J connectivity index is 1.45. The van der Waals surface area contributed by atoms with E-state index in [4.69, 9.17) is 0 Å². The monoisotopic (exact) mass is 378 g/mol. The largest absolute Gasteiger partial charge is 0.511 e. The van der Waals surface area contributed by atoms with Gasteiger partial charge in [0.2, 0.25) is 0 Å². The predicted octanol–water partition coefficient (Wildman–Crippen LogP) is 4.04. The van der Waals surface area contributed by atoms with Crippen LogP contribution in [0.4, 0.5) is 4.39 Å². The molecule has 1 aliphatic heterocycles. The number of carbonyl (C=O) groups is 1. The second-order valence-electron chi connectivity index (χ2n) is 7.39. The summed E-state index contributed by atoms with van der Waals surface area (Å²) in [5, 5.41) is 13.9. The molecule has 2 N–H and O–H groups in total. The fraction of sp³-hybridized carbons (Fsp3) is 0.304. The molecule has 144 valence electrons. The zero-order valence-corrected chi connectivity index (χ0v) is 15.6. The molecule has 0 radical (unpaired) electrons. The minimum absolute atomic E-state index is 0.0614. The number of aliphatic imine (C=N–C) groups is 1. The number of hydrogen-bond donors (Lipinski definition) is 2. The first-order valence-corrected chi connectivity index (χ1v) is 9.63. The van der Waals surface area contributed by atoms with Crippen molar-refractivity contribution < 1.29 is 14.3 Å². The molecule has 4 nitrogen and oxygen atoms in total. The van der Waals surface area contributed by atoms with Gasteiger partial charge in [0.25, 0.3) is 0 Å². The number of aliphatic hydroxyl groups is 1. The van der Waals surface area contributed by atoms with E-state index in [0.717, 1.165) is 18.5 Å². The van der Waals surface area contributed by atoms with Gasteiger partial charge in [-0.25, -0.2) is 4.39 Å². The molecule has 5 heteroatoms. The predicted molar refractivity (Wildman–Crippen MR) is 107 cm³/mol. The number of nitrogens with one attached hydrogen (secondary N) is 1. The number of Topliss-reactive ketones (excluding diaryl/α,β-unsaturated/α-hetero) is 1. The van der Waals surface area contributed by atoms with E-state index >= 15 is 0 Å². The highest BCUT2D eigenvalue weighted by molar-refractivity contribution is 6.14. The Hall–Kier alpha value is -2.79. The third kappa shape index (κ3) is 3.90. The van der Waals surface area contributed by atoms with Gasteiger partial charge < -0.3 is 10.4 Å². The Morgan fingerprint density at radius 1 is 1.14 bits per heavy atom. The number of ketones is 1. The molecule has 28 heavy (non-hydrogen) atoms. The van der Waals surface area contributed by atoms with Gasteiger partial charge in [0.05, 0.1) is 18.2 Å². The topological polar surface area (TPSA) is 61.7 Å². The van der Waals surface area contributed by atoms with E-state index in [-0.39, 0.29) is 29.3 Å². The van der Waals surface area contributed by atoms with E-state index in [1.165, 1.54) is 29.5 Å². The summed E-state index contributed by atoms with van der Waals surface area (Å²) in [5.41, 5.74) is 3.73. The number of halogens is 1. The second kappa shape index (κ2) is 8.07. The summed E-state index contributed by atoms with van der Waals surface area (Å²) < 4.78 is 13.1. The molecule has 1 unspecified atom stereocenters. The molecule has 2 aliphatic rings. The summed E-state index contributed by atoms with van der Waals surface area (Å²) in [5.74, 6) is -0.501. The van der Waals surface area contributed by atoms with E-state index < -0.39 is 0 Å². The molecule has 4 rings (SSSR count). The number of rotatable bonds is 4. The maximum absolute atomic E-state index is 13.1. The number of allylic oxidation sites excluding steroid dienone is 2. The van der Waals surface area contributed by atoms with Crippen LogP contribution in [0.15, 0.2) is 64.9 Å². The first kappa shape index (κ1) is 18.6. The summed E-state index contributed by atoms with van der Waals surface area (Å²) in [7, 11) is 0. The van der Waals surface area contributed by atoms with Crippen LogP contribution in [0.3, 0.4) is 0 Å². The average Bonchev–Trinajstić information content (AvgIpc) is 2.70. The number of hydrogen-bond acceptors (Lipinski definition) is 4. The number of nitrogens with zero attached hydrogens (tertiary/aromatic N) is 1. The summed E-state index contributed by atoms with van der Waals surface area (Å²) in [6, 6.07) is 14.5. The van der Waals surface area contributed by atoms with Crippen LogP contribution in [0.5, 0.6) is 0 Å². The Labute approximate surface area is 163 Å². The molecule has 2 atom stereocenters. The van der Waals surface area contributed by atoms with Crippen molar-refractivity contribution in [2.24, 2.45) is 4.99 Å². The van der Waals surface area contributed by atoms with Crippen LogP contribution in [0.1, 0.15) is 41.5 Å². The van der Waals surface area contributed by atoms with Crippen molar-refractivity contribution in [3.05, 3.63) is 82.4 Å². The smallest absolute Gasteiger partial charge is 0.168 e. The lowest BCUT2D eigenvalue weighted by Crippen LogP contribution is -2.31. The second-order valence-corrected chi connectivity index (χ2v) is 7.39. The Morgan fingerprint density at radius 2 is 1.93 bits per heavy atom. The summed E-state index contributed by atoms with van der Waals surface area (Å²) in [6.07, 6.45) is 3.17. The molecule has 1 aliphatic carbocycles. The lowest BCUT2D eigenvalue weighted by Gasteiger charge is -2.26. The fourth-order valence-corrected chi connectivity index (χ4v) is 4.03. The van der Waals surface area contributed by atoms with Gasteiger partial charge in [0, 0.05) is 19.1 Å². The molecule has 0 saturated carbocycles. The first-order chi connectivity index (χ1) is 13.6. The van der Waals surface area contributed by atoms with Crippen LogP contribution < -0.4 is 5.32 Å². The van der Waals surface area contributed by atoms with E-state index in [0.29, 0.717) is 25.0 Å². The van der Waals surface area contributed by atoms with Crippen LogP contribution in [0.25, 0.3) is 0 Å². The molecule has 2 aromatic carbocycles. The minimum Gasteiger partial charge on any atom is -0.511 e. The molecule has 1 heterocycles. The SMILES string of the molecule is O=C1CC(c2ccc(F)cc2)CC(O)=C1C=NC[C@H]1NCCc2ccccc21. The first-order valence-electron chi connectivity index (χ1n) is 9.63. The molecule has 0 amide bonds. The van der Waals surface area contributed by atoms with Gasteiger partial charge in [-0.05, 0) is 47.7 Å². The minimum atomic E-state index is -0.309. The highest BCUT2D eigenvalue weighted by atomic mass is 19.1. The standard InChI is InChI=1S/C23H23FN2O2/c24-18-7-5-15(6-8-18)17-11-22(27)20(23(28)12-17)13-25-14-21-19-4-2-1-3-16(19)9-10-26-21/h1-8,13,17,21,26-27H,9-12,14H2/t17?,21-/m1/s1. The Morgan fingerprint density at radius 3 is 2.71 bits per heavy atom. The molecule has 0 fully saturated rings. The molecule has 2 aromatic rings. The maximum atomic E-state index is 13.1. The Bertz CT molecular complexity index is 934. The van der Waals surface area contributed by atoms with Crippen LogP contribution in [-0.4, -0.2) is 30.2 Å². The third-order valence-electron chi connectivity index (χ3n) is 5.55. The normalized spacial score (nSPS) is 22.5. The van der Waals surface area contributed by atoms with Crippen molar-refractivity contribution in [3.63, 3.8) is 0 Å². The fourth-order valence-electron chi connectivity index (χ4n) is 4.03. The average molecular weight is 378 g/mol. The van der Waals surface area contributed by atoms with Crippen LogP contribution in [0.2, 0.25) is 0 Å². The number of benzene rings is 2. The van der Waals surface area contributed by atoms with Crippen molar-refractivity contribution in [2.45, 2.75) is 31.2 Å². The number of carbonyl (C=O) groups excluding carboxylic acids is 1. The van der Waals surface area contributed by atoms with Crippen LogP contribution in [-0.2, 0) is 11.2 Å². The highest BCUT2D eigenvalue weighted by Crippen LogP contribution is 2.33. The van der Waals surface area contributed by atoms with Crippen molar-refractivity contribution in [1.82, 2.24) is 5.32 Å². The zero-order valence-electron chi connectivity index (χ0n) is 15.6. The van der Waals surface area contributed by atoms with Gasteiger partial charge in [-0.2, -0.15) is 0 Å². The summed E-state index contributed by atoms with van der Waals surface area (Å²) >= 11 is 0. The lowest BCUT2D eigenvalue weighted by molar-refractivity contribution is -0.116. The van der Waals surface area contributed by atoms with Gasteiger partial charge in [-0.15, -0.1) is 0 Å². The van der Waals surface area contributed by atoms with Gasteiger partial charge in [-0.1, -0.05) is 36.4 Å². The van der Waals surface area contributed by atoms with Gasteiger partial charge >= 0.3 is 0 Å². The van der Waals surface area contributed by atoms with E-state index in [9.17, 15) is 14.3 Å². The quantitative estimate of drug-likeness (QED) is 0.790. The zero-order chi connectivity index (χ0) is 19.5. The summed E-state index contributed by atoms with van der Waals surface area (Å²) in [4.78, 5) is 17.0. The van der Waals surface area contributed by atoms with Gasteiger partial charge in [0.1, 0.15) is 11.6 Å². The van der Waals surface area contributed by atoms with Crippen molar-refractivity contribution in [1.29, 1.82) is 0 Å². The molecule has 0 bridgehead atoms. The van der Waals surface area contributed by atoms with Crippen molar-refractivity contribution in [2.75, 3.05) is 13.1 Å². The van der Waals surface area contributed by atoms with Crippen LogP contribution >= 0.6 is 0 Å². The molecular weight excluding hydrogens is 355 g/mol. The van der Waals surface area contributed by atoms with Crippen LogP contribution in [0, 0.1) is 5.82 Å². The van der Waals surface area contributed by atoms with Gasteiger partial charge in [-0.3, -0.25) is 9.79 Å². The van der Waals surface area contributed by atoms with Gasteiger partial charge in [0.15, 0.2) is 5.78 Å². The summed E-state index contributed by atoms with van der Waals surface area (Å²) in [6.45, 7) is 1.42. The lowest BCUT2D eigenvalue weighted by atomic mass is 9.83. The van der Waals surface area contributed by atoms with E-state index in [1.54, 1.807) is 12.1 Å². The van der Waals surface area contributed by atoms with E-state index in [2.05, 4.69) is 22.4 Å². The van der Waals surface area contributed by atoms with Crippen molar-refractivity contribution in [3.8, 4) is 0 Å². The maximum Gasteiger partial charge on any atom is 0.168 e. The molecule has 0 saturated heterocycles. The number of aliphatic hydroxyl groups excluding tert-OH is 1. The van der Waals surface area contributed by atoms with E-state index in [1.807, 2.05) is 12.1 Å². The molecule has 0 aromatic heterocycles.